The van der Waals surface area contributed by atoms with Crippen LogP contribution in [0.4, 0.5) is 0 Å². The minimum Gasteiger partial charge on any atom is -0.384 e. The first-order valence-electron chi connectivity index (χ1n) is 3.48. The number of aryl methyl sites for hydroxylation is 2. The van der Waals surface area contributed by atoms with E-state index >= 15 is 0 Å². The Hall–Kier alpha value is -1.03. The Morgan fingerprint density at radius 1 is 1.08 bits per heavy atom. The fourth-order valence-corrected chi connectivity index (χ4v) is 1.35. The van der Waals surface area contributed by atoms with Crippen molar-refractivity contribution in [3.63, 3.8) is 0 Å². The van der Waals surface area contributed by atoms with Crippen molar-refractivity contribution in [3.05, 3.63) is 29.3 Å². The van der Waals surface area contributed by atoms with Crippen LogP contribution in [0.5, 0.6) is 5.75 Å². The second-order valence-corrected chi connectivity index (χ2v) is 3.27. The molecule has 0 heterocycles. The summed E-state index contributed by atoms with van der Waals surface area (Å²) in [7, 11) is -2.80. The van der Waals surface area contributed by atoms with Gasteiger partial charge in [0.2, 0.25) is 0 Å². The SMILES string of the molecule is Cc1cc(C)cc(O[SH](=O)=O)c1. The quantitative estimate of drug-likeness (QED) is 0.706. The minimum absolute atomic E-state index is 0.378. The lowest BCUT2D eigenvalue weighted by Gasteiger charge is -2.00. The van der Waals surface area contributed by atoms with Crippen LogP contribution in [0, 0.1) is 13.8 Å². The van der Waals surface area contributed by atoms with Crippen molar-refractivity contribution >= 4 is 11.0 Å². The van der Waals surface area contributed by atoms with Crippen LogP contribution in [0.25, 0.3) is 0 Å². The largest absolute Gasteiger partial charge is 0.384 e. The van der Waals surface area contributed by atoms with Gasteiger partial charge in [-0.2, -0.15) is 8.42 Å². The summed E-state index contributed by atoms with van der Waals surface area (Å²) < 4.78 is 24.9. The Kier molecular flexibility index (Phi) is 2.70. The third kappa shape index (κ3) is 2.54. The van der Waals surface area contributed by atoms with E-state index in [4.69, 9.17) is 0 Å². The topological polar surface area (TPSA) is 43.4 Å². The molecule has 66 valence electrons. The summed E-state index contributed by atoms with van der Waals surface area (Å²) in [4.78, 5) is 0. The molecular formula is C8H10O3S. The van der Waals surface area contributed by atoms with Gasteiger partial charge in [-0.1, -0.05) is 6.07 Å². The lowest BCUT2D eigenvalue weighted by molar-refractivity contribution is 0.510. The van der Waals surface area contributed by atoms with Crippen molar-refractivity contribution in [1.29, 1.82) is 0 Å². The van der Waals surface area contributed by atoms with E-state index in [9.17, 15) is 8.42 Å². The normalized spacial score (nSPS) is 10.2. The van der Waals surface area contributed by atoms with Gasteiger partial charge in [-0.15, -0.1) is 0 Å². The molecule has 1 aromatic rings. The maximum atomic E-state index is 10.2. The molecule has 0 aliphatic heterocycles. The third-order valence-corrected chi connectivity index (χ3v) is 1.74. The van der Waals surface area contributed by atoms with Crippen LogP contribution in [0.15, 0.2) is 18.2 Å². The second-order valence-electron chi connectivity index (χ2n) is 2.64. The van der Waals surface area contributed by atoms with Crippen molar-refractivity contribution in [2.45, 2.75) is 13.8 Å². The highest BCUT2D eigenvalue weighted by Gasteiger charge is 1.96. The van der Waals surface area contributed by atoms with Crippen molar-refractivity contribution in [1.82, 2.24) is 0 Å². The monoisotopic (exact) mass is 186 g/mol. The molecule has 0 aliphatic rings. The second kappa shape index (κ2) is 3.58. The van der Waals surface area contributed by atoms with Crippen LogP contribution in [0.2, 0.25) is 0 Å². The predicted molar refractivity (Wildman–Crippen MR) is 46.9 cm³/mol. The average Bonchev–Trinajstić information content (AvgIpc) is 1.81. The Labute approximate surface area is 73.1 Å². The molecule has 1 rings (SSSR count). The summed E-state index contributed by atoms with van der Waals surface area (Å²) in [5.41, 5.74) is 1.98. The predicted octanol–water partition coefficient (Wildman–Crippen LogP) is 1.21. The summed E-state index contributed by atoms with van der Waals surface area (Å²) in [6.07, 6.45) is 0. The van der Waals surface area contributed by atoms with Crippen LogP contribution < -0.4 is 4.18 Å². The molecule has 4 heteroatoms. The Bertz CT molecular complexity index is 327. The Morgan fingerprint density at radius 3 is 2.00 bits per heavy atom. The van der Waals surface area contributed by atoms with Crippen molar-refractivity contribution in [3.8, 4) is 5.75 Å². The van der Waals surface area contributed by atoms with Crippen LogP contribution in [0.1, 0.15) is 11.1 Å². The molecule has 3 nitrogen and oxygen atoms in total. The van der Waals surface area contributed by atoms with Crippen molar-refractivity contribution < 1.29 is 12.6 Å². The molecule has 0 saturated heterocycles. The van der Waals surface area contributed by atoms with E-state index in [0.29, 0.717) is 5.75 Å². The van der Waals surface area contributed by atoms with Gasteiger partial charge >= 0.3 is 0 Å². The molecule has 0 radical (unpaired) electrons. The number of thiol groups is 1. The number of hydrogen-bond donors (Lipinski definition) is 1. The molecule has 1 aromatic carbocycles. The first kappa shape index (κ1) is 9.06. The summed E-state index contributed by atoms with van der Waals surface area (Å²) in [6, 6.07) is 5.31. The number of hydrogen-bond acceptors (Lipinski definition) is 3. The van der Waals surface area contributed by atoms with Gasteiger partial charge in [-0.25, -0.2) is 0 Å². The van der Waals surface area contributed by atoms with Crippen LogP contribution >= 0.6 is 0 Å². The molecule has 0 aliphatic carbocycles. The molecule has 0 atom stereocenters. The number of rotatable bonds is 2. The molecule has 0 fully saturated rings. The van der Waals surface area contributed by atoms with Gasteiger partial charge in [-0.3, -0.25) is 0 Å². The van der Waals surface area contributed by atoms with E-state index in [-0.39, 0.29) is 0 Å². The third-order valence-electron chi connectivity index (χ3n) is 1.38. The van der Waals surface area contributed by atoms with Crippen molar-refractivity contribution in [2.24, 2.45) is 0 Å². The van der Waals surface area contributed by atoms with E-state index in [1.54, 1.807) is 12.1 Å². The lowest BCUT2D eigenvalue weighted by atomic mass is 10.1. The summed E-state index contributed by atoms with van der Waals surface area (Å²) in [5, 5.41) is 0. The van der Waals surface area contributed by atoms with E-state index in [1.165, 1.54) is 0 Å². The van der Waals surface area contributed by atoms with E-state index in [2.05, 4.69) is 4.18 Å². The number of benzene rings is 1. The highest BCUT2D eigenvalue weighted by molar-refractivity contribution is 7.67. The zero-order chi connectivity index (χ0) is 9.14. The molecule has 0 aromatic heterocycles. The van der Waals surface area contributed by atoms with Gasteiger partial charge in [-0.05, 0) is 37.1 Å². The van der Waals surface area contributed by atoms with E-state index < -0.39 is 11.0 Å². The van der Waals surface area contributed by atoms with Crippen molar-refractivity contribution in [2.75, 3.05) is 0 Å². The van der Waals surface area contributed by atoms with Crippen LogP contribution in [-0.4, -0.2) is 8.42 Å². The zero-order valence-corrected chi connectivity index (χ0v) is 7.80. The lowest BCUT2D eigenvalue weighted by Crippen LogP contribution is -1.90. The molecule has 12 heavy (non-hydrogen) atoms. The van der Waals surface area contributed by atoms with E-state index in [0.717, 1.165) is 11.1 Å². The van der Waals surface area contributed by atoms with Gasteiger partial charge in [0.25, 0.3) is 11.0 Å². The first-order chi connectivity index (χ1) is 5.58. The summed E-state index contributed by atoms with van der Waals surface area (Å²) in [5.74, 6) is 0.378. The maximum Gasteiger partial charge on any atom is 0.299 e. The summed E-state index contributed by atoms with van der Waals surface area (Å²) in [6.45, 7) is 3.77. The Morgan fingerprint density at radius 2 is 1.58 bits per heavy atom. The smallest absolute Gasteiger partial charge is 0.299 e. The fraction of sp³-hybridized carbons (Fsp3) is 0.250. The highest BCUT2D eigenvalue weighted by atomic mass is 32.2. The maximum absolute atomic E-state index is 10.2. The van der Waals surface area contributed by atoms with Gasteiger partial charge in [0.1, 0.15) is 5.75 Å². The van der Waals surface area contributed by atoms with Gasteiger partial charge in [0, 0.05) is 0 Å². The highest BCUT2D eigenvalue weighted by Crippen LogP contribution is 2.15. The standard InChI is InChI=1S/C8H10O3S/c1-6-3-7(2)5-8(4-6)11-12(9)10/h3-5,12H,1-2H3. The summed E-state index contributed by atoms with van der Waals surface area (Å²) >= 11 is 0. The van der Waals surface area contributed by atoms with Crippen LogP contribution in [-0.2, 0) is 11.0 Å². The van der Waals surface area contributed by atoms with E-state index in [1.807, 2.05) is 19.9 Å². The first-order valence-corrected chi connectivity index (χ1v) is 4.58. The molecule has 0 amide bonds. The molecule has 0 saturated carbocycles. The van der Waals surface area contributed by atoms with Gasteiger partial charge in [0.15, 0.2) is 0 Å². The van der Waals surface area contributed by atoms with Gasteiger partial charge in [0.05, 0.1) is 0 Å². The van der Waals surface area contributed by atoms with Gasteiger partial charge < -0.3 is 4.18 Å². The van der Waals surface area contributed by atoms with Crippen LogP contribution in [0.3, 0.4) is 0 Å². The Balaban J connectivity index is 3.00. The average molecular weight is 186 g/mol. The fourth-order valence-electron chi connectivity index (χ4n) is 1.07. The molecule has 0 bridgehead atoms. The molecule has 0 spiro atoms. The molecular weight excluding hydrogens is 176 g/mol. The molecule has 0 N–H and O–H groups in total. The minimum atomic E-state index is -2.80. The molecule has 0 unspecified atom stereocenters. The zero-order valence-electron chi connectivity index (χ0n) is 6.90.